The number of halogens is 1. The van der Waals surface area contributed by atoms with Crippen molar-refractivity contribution in [1.29, 1.82) is 0 Å². The van der Waals surface area contributed by atoms with E-state index in [9.17, 15) is 4.79 Å². The Labute approximate surface area is 156 Å². The summed E-state index contributed by atoms with van der Waals surface area (Å²) in [6.07, 6.45) is 0. The van der Waals surface area contributed by atoms with E-state index in [0.717, 1.165) is 4.47 Å². The van der Waals surface area contributed by atoms with Crippen LogP contribution < -0.4 is 19.5 Å². The summed E-state index contributed by atoms with van der Waals surface area (Å²) in [6.45, 7) is 4.16. The molecule has 0 radical (unpaired) electrons. The molecule has 0 spiro atoms. The Kier molecular flexibility index (Phi) is 6.70. The van der Waals surface area contributed by atoms with Gasteiger partial charge in [-0.05, 0) is 51.7 Å². The number of rotatable bonds is 7. The highest BCUT2D eigenvalue weighted by molar-refractivity contribution is 9.10. The van der Waals surface area contributed by atoms with Crippen molar-refractivity contribution >= 4 is 27.5 Å². The van der Waals surface area contributed by atoms with Gasteiger partial charge in [0.1, 0.15) is 5.75 Å². The minimum atomic E-state index is -0.257. The number of methoxy groups -OCH3 is 2. The van der Waals surface area contributed by atoms with E-state index in [1.54, 1.807) is 32.4 Å². The SMILES string of the molecule is COc1ccc(NC(=O)COc2ccc(C(C)C)cc2Br)cc1OC. The van der Waals surface area contributed by atoms with Crippen LogP contribution in [0, 0.1) is 0 Å². The van der Waals surface area contributed by atoms with Gasteiger partial charge in [0.15, 0.2) is 18.1 Å². The van der Waals surface area contributed by atoms with Crippen molar-refractivity contribution in [3.63, 3.8) is 0 Å². The fourth-order valence-electron chi connectivity index (χ4n) is 2.25. The van der Waals surface area contributed by atoms with Crippen molar-refractivity contribution in [2.75, 3.05) is 26.1 Å². The molecule has 0 aliphatic rings. The zero-order chi connectivity index (χ0) is 18.4. The van der Waals surface area contributed by atoms with Crippen LogP contribution >= 0.6 is 15.9 Å². The molecule has 0 bridgehead atoms. The lowest BCUT2D eigenvalue weighted by molar-refractivity contribution is -0.118. The fourth-order valence-corrected chi connectivity index (χ4v) is 2.76. The number of nitrogens with one attached hydrogen (secondary N) is 1. The zero-order valence-corrected chi connectivity index (χ0v) is 16.3. The summed E-state index contributed by atoms with van der Waals surface area (Å²) in [5.41, 5.74) is 1.81. The average Bonchev–Trinajstić information content (AvgIpc) is 2.60. The van der Waals surface area contributed by atoms with E-state index < -0.39 is 0 Å². The van der Waals surface area contributed by atoms with E-state index >= 15 is 0 Å². The second-order valence-corrected chi connectivity index (χ2v) is 6.61. The molecule has 5 nitrogen and oxygen atoms in total. The van der Waals surface area contributed by atoms with Crippen LogP contribution in [0.4, 0.5) is 5.69 Å². The molecule has 0 unspecified atom stereocenters. The Bertz CT molecular complexity index is 746. The highest BCUT2D eigenvalue weighted by Crippen LogP contribution is 2.30. The number of carbonyl (C=O) groups is 1. The molecule has 134 valence electrons. The first-order valence-corrected chi connectivity index (χ1v) is 8.68. The van der Waals surface area contributed by atoms with E-state index in [-0.39, 0.29) is 12.5 Å². The Hall–Kier alpha value is -2.21. The highest BCUT2D eigenvalue weighted by Gasteiger charge is 2.10. The van der Waals surface area contributed by atoms with Crippen molar-refractivity contribution in [3.8, 4) is 17.2 Å². The predicted octanol–water partition coefficient (Wildman–Crippen LogP) is 4.61. The fraction of sp³-hybridized carbons (Fsp3) is 0.316. The van der Waals surface area contributed by atoms with Crippen LogP contribution in [0.15, 0.2) is 40.9 Å². The zero-order valence-electron chi connectivity index (χ0n) is 14.8. The molecular formula is C19H22BrNO4. The number of anilines is 1. The Balaban J connectivity index is 1.97. The van der Waals surface area contributed by atoms with Gasteiger partial charge in [0, 0.05) is 11.8 Å². The largest absolute Gasteiger partial charge is 0.493 e. The van der Waals surface area contributed by atoms with Gasteiger partial charge in [-0.2, -0.15) is 0 Å². The van der Waals surface area contributed by atoms with Crippen LogP contribution in [-0.2, 0) is 4.79 Å². The van der Waals surface area contributed by atoms with Crippen LogP contribution in [-0.4, -0.2) is 26.7 Å². The first-order chi connectivity index (χ1) is 11.9. The lowest BCUT2D eigenvalue weighted by atomic mass is 10.0. The Morgan fingerprint density at radius 3 is 2.32 bits per heavy atom. The van der Waals surface area contributed by atoms with Crippen LogP contribution in [0.5, 0.6) is 17.2 Å². The van der Waals surface area contributed by atoms with Gasteiger partial charge in [0.25, 0.3) is 5.91 Å². The van der Waals surface area contributed by atoms with Crippen LogP contribution in [0.3, 0.4) is 0 Å². The van der Waals surface area contributed by atoms with E-state index in [1.165, 1.54) is 5.56 Å². The van der Waals surface area contributed by atoms with Crippen LogP contribution in [0.25, 0.3) is 0 Å². The molecule has 0 aromatic heterocycles. The molecule has 0 heterocycles. The van der Waals surface area contributed by atoms with E-state index in [2.05, 4.69) is 35.1 Å². The molecule has 2 aromatic carbocycles. The van der Waals surface area contributed by atoms with Crippen LogP contribution in [0.2, 0.25) is 0 Å². The van der Waals surface area contributed by atoms with E-state index in [0.29, 0.717) is 28.9 Å². The van der Waals surface area contributed by atoms with Gasteiger partial charge in [-0.3, -0.25) is 4.79 Å². The predicted molar refractivity (Wildman–Crippen MR) is 102 cm³/mol. The summed E-state index contributed by atoms with van der Waals surface area (Å²) >= 11 is 3.48. The Morgan fingerprint density at radius 2 is 1.72 bits per heavy atom. The highest BCUT2D eigenvalue weighted by atomic mass is 79.9. The maximum atomic E-state index is 12.1. The van der Waals surface area contributed by atoms with E-state index in [4.69, 9.17) is 14.2 Å². The maximum Gasteiger partial charge on any atom is 0.262 e. The molecule has 0 atom stereocenters. The van der Waals surface area contributed by atoms with Gasteiger partial charge < -0.3 is 19.5 Å². The maximum absolute atomic E-state index is 12.1. The molecule has 2 aromatic rings. The molecule has 6 heteroatoms. The standard InChI is InChI=1S/C19H22BrNO4/c1-12(2)13-5-7-16(15(20)9-13)25-11-19(22)21-14-6-8-17(23-3)18(10-14)24-4/h5-10,12H,11H2,1-4H3,(H,21,22). The van der Waals surface area contributed by atoms with Gasteiger partial charge in [-0.15, -0.1) is 0 Å². The van der Waals surface area contributed by atoms with Crippen molar-refractivity contribution in [1.82, 2.24) is 0 Å². The second-order valence-electron chi connectivity index (χ2n) is 5.75. The van der Waals surface area contributed by atoms with Gasteiger partial charge in [0.05, 0.1) is 18.7 Å². The summed E-state index contributed by atoms with van der Waals surface area (Å²) in [5, 5.41) is 2.77. The average molecular weight is 408 g/mol. The van der Waals surface area contributed by atoms with Gasteiger partial charge in [-0.25, -0.2) is 0 Å². The summed E-state index contributed by atoms with van der Waals surface area (Å²) in [6, 6.07) is 11.0. The van der Waals surface area contributed by atoms with Crippen molar-refractivity contribution in [2.24, 2.45) is 0 Å². The molecule has 1 amide bonds. The van der Waals surface area contributed by atoms with Crippen molar-refractivity contribution in [3.05, 3.63) is 46.4 Å². The molecule has 1 N–H and O–H groups in total. The summed E-state index contributed by atoms with van der Waals surface area (Å²) < 4.78 is 16.8. The van der Waals surface area contributed by atoms with Gasteiger partial charge in [0.2, 0.25) is 0 Å². The quantitative estimate of drug-likeness (QED) is 0.727. The number of amides is 1. The summed E-state index contributed by atoms with van der Waals surface area (Å²) in [4.78, 5) is 12.1. The molecule has 0 saturated carbocycles. The first-order valence-electron chi connectivity index (χ1n) is 7.88. The molecule has 25 heavy (non-hydrogen) atoms. The van der Waals surface area contributed by atoms with Crippen molar-refractivity contribution in [2.45, 2.75) is 19.8 Å². The topological polar surface area (TPSA) is 56.8 Å². The molecule has 0 saturated heterocycles. The monoisotopic (exact) mass is 407 g/mol. The van der Waals surface area contributed by atoms with Gasteiger partial charge in [-0.1, -0.05) is 19.9 Å². The minimum Gasteiger partial charge on any atom is -0.493 e. The number of carbonyl (C=O) groups excluding carboxylic acids is 1. The third-order valence-electron chi connectivity index (χ3n) is 3.65. The second kappa shape index (κ2) is 8.76. The third kappa shape index (κ3) is 5.13. The summed E-state index contributed by atoms with van der Waals surface area (Å²) in [7, 11) is 3.11. The molecule has 0 aliphatic carbocycles. The number of hydrogen-bond acceptors (Lipinski definition) is 4. The van der Waals surface area contributed by atoms with Crippen LogP contribution in [0.1, 0.15) is 25.3 Å². The normalized spacial score (nSPS) is 10.5. The molecular weight excluding hydrogens is 386 g/mol. The lowest BCUT2D eigenvalue weighted by Gasteiger charge is -2.12. The third-order valence-corrected chi connectivity index (χ3v) is 4.27. The minimum absolute atomic E-state index is 0.0893. The number of benzene rings is 2. The lowest BCUT2D eigenvalue weighted by Crippen LogP contribution is -2.20. The smallest absolute Gasteiger partial charge is 0.262 e. The summed E-state index contributed by atoms with van der Waals surface area (Å²) in [5.74, 6) is 1.96. The number of hydrogen-bond donors (Lipinski definition) is 1. The first kappa shape index (κ1) is 19.1. The molecule has 0 fully saturated rings. The Morgan fingerprint density at radius 1 is 1.04 bits per heavy atom. The molecule has 0 aliphatic heterocycles. The van der Waals surface area contributed by atoms with Gasteiger partial charge >= 0.3 is 0 Å². The van der Waals surface area contributed by atoms with E-state index in [1.807, 2.05) is 18.2 Å². The molecule has 2 rings (SSSR count). The number of ether oxygens (including phenoxy) is 3. The van der Waals surface area contributed by atoms with Crippen molar-refractivity contribution < 1.29 is 19.0 Å².